The van der Waals surface area contributed by atoms with E-state index in [2.05, 4.69) is 10.3 Å². The van der Waals surface area contributed by atoms with Crippen LogP contribution in [0.2, 0.25) is 0 Å². The molecule has 2 rings (SSSR count). The summed E-state index contributed by atoms with van der Waals surface area (Å²) in [4.78, 5) is 27.5. The first-order chi connectivity index (χ1) is 10.6. The van der Waals surface area contributed by atoms with Gasteiger partial charge in [-0.15, -0.1) is 0 Å². The average molecular weight is 299 g/mol. The van der Waals surface area contributed by atoms with Crippen molar-refractivity contribution in [2.45, 2.75) is 6.92 Å². The Balaban J connectivity index is 2.02. The number of hydrogen-bond acceptors (Lipinski definition) is 4. The number of pyridine rings is 1. The first-order valence-electron chi connectivity index (χ1n) is 6.82. The molecule has 0 saturated heterocycles. The number of carbonyl (C=O) groups is 2. The number of amides is 1. The molecule has 0 bridgehead atoms. The zero-order valence-electron chi connectivity index (χ0n) is 12.4. The summed E-state index contributed by atoms with van der Waals surface area (Å²) in [6.07, 6.45) is 8.05. The van der Waals surface area contributed by atoms with Crippen molar-refractivity contribution in [2.24, 2.45) is 7.05 Å². The number of rotatable bonds is 5. The molecule has 2 heterocycles. The van der Waals surface area contributed by atoms with Crippen LogP contribution in [0.4, 0.5) is 5.69 Å². The van der Waals surface area contributed by atoms with Crippen LogP contribution >= 0.6 is 0 Å². The number of aryl methyl sites for hydroxylation is 1. The molecule has 0 aliphatic carbocycles. The van der Waals surface area contributed by atoms with Gasteiger partial charge >= 0.3 is 5.97 Å². The average Bonchev–Trinajstić information content (AvgIpc) is 2.87. The summed E-state index contributed by atoms with van der Waals surface area (Å²) < 4.78 is 6.55. The molecule has 0 fully saturated rings. The third-order valence-corrected chi connectivity index (χ3v) is 2.87. The summed E-state index contributed by atoms with van der Waals surface area (Å²) in [5.74, 6) is -0.707. The van der Waals surface area contributed by atoms with E-state index >= 15 is 0 Å². The maximum absolute atomic E-state index is 11.9. The molecule has 0 aliphatic heterocycles. The van der Waals surface area contributed by atoms with E-state index in [4.69, 9.17) is 4.74 Å². The fourth-order valence-electron chi connectivity index (χ4n) is 1.87. The minimum Gasteiger partial charge on any atom is -0.461 e. The number of nitrogens with zero attached hydrogens (tertiary/aromatic N) is 2. The lowest BCUT2D eigenvalue weighted by Gasteiger charge is -2.01. The minimum absolute atomic E-state index is 0.287. The summed E-state index contributed by atoms with van der Waals surface area (Å²) in [5, 5.41) is 2.70. The summed E-state index contributed by atoms with van der Waals surface area (Å²) in [6, 6.07) is 5.21. The van der Waals surface area contributed by atoms with Crippen LogP contribution < -0.4 is 5.32 Å². The Morgan fingerprint density at radius 2 is 2.27 bits per heavy atom. The predicted molar refractivity (Wildman–Crippen MR) is 83.3 cm³/mol. The largest absolute Gasteiger partial charge is 0.461 e. The van der Waals surface area contributed by atoms with Crippen molar-refractivity contribution in [1.29, 1.82) is 0 Å². The molecule has 0 aromatic carbocycles. The van der Waals surface area contributed by atoms with E-state index in [9.17, 15) is 9.59 Å². The first-order valence-corrected chi connectivity index (χ1v) is 6.82. The highest BCUT2D eigenvalue weighted by atomic mass is 16.5. The molecule has 2 aromatic heterocycles. The van der Waals surface area contributed by atoms with Crippen molar-refractivity contribution < 1.29 is 14.3 Å². The van der Waals surface area contributed by atoms with E-state index in [1.807, 2.05) is 6.07 Å². The van der Waals surface area contributed by atoms with Gasteiger partial charge in [-0.05, 0) is 30.7 Å². The van der Waals surface area contributed by atoms with Gasteiger partial charge in [0, 0.05) is 31.7 Å². The van der Waals surface area contributed by atoms with Crippen molar-refractivity contribution in [3.63, 3.8) is 0 Å². The number of anilines is 1. The number of esters is 1. The zero-order chi connectivity index (χ0) is 15.9. The lowest BCUT2D eigenvalue weighted by molar-refractivity contribution is -0.111. The predicted octanol–water partition coefficient (Wildman–Crippen LogP) is 2.25. The van der Waals surface area contributed by atoms with Crippen LogP contribution in [0.15, 0.2) is 42.9 Å². The zero-order valence-corrected chi connectivity index (χ0v) is 12.4. The molecule has 0 aliphatic rings. The van der Waals surface area contributed by atoms with Crippen LogP contribution in [0.1, 0.15) is 23.0 Å². The molecule has 0 atom stereocenters. The van der Waals surface area contributed by atoms with Crippen molar-refractivity contribution in [2.75, 3.05) is 11.9 Å². The summed E-state index contributed by atoms with van der Waals surface area (Å²) in [5.41, 5.74) is 1.75. The smallest absolute Gasteiger partial charge is 0.355 e. The topological polar surface area (TPSA) is 73.2 Å². The van der Waals surface area contributed by atoms with Crippen LogP contribution in [0.5, 0.6) is 0 Å². The SMILES string of the molecule is CCOC(=O)c1cc(NC(=O)C=Cc2cccnc2)cn1C. The molecule has 1 amide bonds. The Hall–Kier alpha value is -2.89. The molecule has 0 radical (unpaired) electrons. The van der Waals surface area contributed by atoms with Crippen molar-refractivity contribution in [3.8, 4) is 0 Å². The molecule has 2 aromatic rings. The van der Waals surface area contributed by atoms with E-state index in [0.717, 1.165) is 5.56 Å². The Labute approximate surface area is 128 Å². The van der Waals surface area contributed by atoms with Crippen molar-refractivity contribution in [3.05, 3.63) is 54.1 Å². The molecule has 0 spiro atoms. The van der Waals surface area contributed by atoms with E-state index in [1.165, 1.54) is 6.08 Å². The second kappa shape index (κ2) is 7.21. The molecule has 22 heavy (non-hydrogen) atoms. The Bertz CT molecular complexity index is 690. The van der Waals surface area contributed by atoms with Gasteiger partial charge in [0.25, 0.3) is 0 Å². The monoisotopic (exact) mass is 299 g/mol. The fraction of sp³-hybridized carbons (Fsp3) is 0.188. The van der Waals surface area contributed by atoms with Crippen molar-refractivity contribution >= 4 is 23.6 Å². The number of hydrogen-bond donors (Lipinski definition) is 1. The highest BCUT2D eigenvalue weighted by Crippen LogP contribution is 2.14. The van der Waals surface area contributed by atoms with Crippen LogP contribution in [-0.4, -0.2) is 28.0 Å². The van der Waals surface area contributed by atoms with Gasteiger partial charge in [0.1, 0.15) is 5.69 Å². The molecule has 114 valence electrons. The summed E-state index contributed by atoms with van der Waals surface area (Å²) in [6.45, 7) is 2.05. The molecule has 1 N–H and O–H groups in total. The quantitative estimate of drug-likeness (QED) is 0.679. The summed E-state index contributed by atoms with van der Waals surface area (Å²) >= 11 is 0. The van der Waals surface area contributed by atoms with Gasteiger partial charge in [0.2, 0.25) is 5.91 Å². The van der Waals surface area contributed by atoms with Crippen LogP contribution in [0.25, 0.3) is 6.08 Å². The van der Waals surface area contributed by atoms with E-state index < -0.39 is 5.97 Å². The second-order valence-corrected chi connectivity index (χ2v) is 4.55. The van der Waals surface area contributed by atoms with Gasteiger partial charge in [-0.3, -0.25) is 9.78 Å². The van der Waals surface area contributed by atoms with Gasteiger partial charge in [-0.1, -0.05) is 6.07 Å². The molecule has 6 nitrogen and oxygen atoms in total. The standard InChI is InChI=1S/C16H17N3O3/c1-3-22-16(21)14-9-13(11-19(14)2)18-15(20)7-6-12-5-4-8-17-10-12/h4-11H,3H2,1-2H3,(H,18,20). The lowest BCUT2D eigenvalue weighted by Crippen LogP contribution is -2.09. The van der Waals surface area contributed by atoms with Crippen LogP contribution in [0.3, 0.4) is 0 Å². The third-order valence-electron chi connectivity index (χ3n) is 2.87. The second-order valence-electron chi connectivity index (χ2n) is 4.55. The Kier molecular flexibility index (Phi) is 5.08. The van der Waals surface area contributed by atoms with E-state index in [-0.39, 0.29) is 5.91 Å². The van der Waals surface area contributed by atoms with Gasteiger partial charge in [0.05, 0.1) is 12.3 Å². The molecule has 6 heteroatoms. The number of aromatic nitrogens is 2. The molecular formula is C16H17N3O3. The van der Waals surface area contributed by atoms with Crippen molar-refractivity contribution in [1.82, 2.24) is 9.55 Å². The Morgan fingerprint density at radius 1 is 1.45 bits per heavy atom. The fourth-order valence-corrected chi connectivity index (χ4v) is 1.87. The lowest BCUT2D eigenvalue weighted by atomic mass is 10.2. The summed E-state index contributed by atoms with van der Waals surface area (Å²) in [7, 11) is 1.72. The van der Waals surface area contributed by atoms with Gasteiger partial charge in [-0.2, -0.15) is 0 Å². The van der Waals surface area contributed by atoms with Gasteiger partial charge in [0.15, 0.2) is 0 Å². The molecule has 0 saturated carbocycles. The molecular weight excluding hydrogens is 282 g/mol. The van der Waals surface area contributed by atoms with E-state index in [0.29, 0.717) is 18.0 Å². The number of nitrogens with one attached hydrogen (secondary N) is 1. The van der Waals surface area contributed by atoms with E-state index in [1.54, 1.807) is 55.3 Å². The first kappa shape index (κ1) is 15.5. The maximum Gasteiger partial charge on any atom is 0.355 e. The van der Waals surface area contributed by atoms with Gasteiger partial charge in [-0.25, -0.2) is 4.79 Å². The molecule has 0 unspecified atom stereocenters. The highest BCUT2D eigenvalue weighted by Gasteiger charge is 2.13. The van der Waals surface area contributed by atoms with Crippen LogP contribution in [0, 0.1) is 0 Å². The Morgan fingerprint density at radius 3 is 2.95 bits per heavy atom. The maximum atomic E-state index is 11.9. The van der Waals surface area contributed by atoms with Gasteiger partial charge < -0.3 is 14.6 Å². The third kappa shape index (κ3) is 4.05. The number of ether oxygens (including phenoxy) is 1. The minimum atomic E-state index is -0.420. The van der Waals surface area contributed by atoms with Crippen LogP contribution in [-0.2, 0) is 16.6 Å². The number of carbonyl (C=O) groups excluding carboxylic acids is 2. The normalized spacial score (nSPS) is 10.6. The highest BCUT2D eigenvalue weighted by molar-refractivity contribution is 6.02.